The molecule has 0 saturated heterocycles. The van der Waals surface area contributed by atoms with Gasteiger partial charge < -0.3 is 10.6 Å². The number of aryl methyl sites for hydroxylation is 2. The SMILES string of the molecule is Cc1cc(N)c(N(C)c2ccc(F)c(F)c2)cc1C. The fourth-order valence-electron chi connectivity index (χ4n) is 1.95. The second-order valence-corrected chi connectivity index (χ2v) is 4.65. The van der Waals surface area contributed by atoms with Gasteiger partial charge in [-0.15, -0.1) is 0 Å². The standard InChI is InChI=1S/C15H16F2N2/c1-9-6-14(18)15(7-10(9)2)19(3)11-4-5-12(16)13(17)8-11/h4-8H,18H2,1-3H3. The van der Waals surface area contributed by atoms with Crippen molar-refractivity contribution >= 4 is 17.1 Å². The molecule has 19 heavy (non-hydrogen) atoms. The molecule has 0 saturated carbocycles. The lowest BCUT2D eigenvalue weighted by molar-refractivity contribution is 0.509. The Bertz CT molecular complexity index is 624. The van der Waals surface area contributed by atoms with E-state index in [1.807, 2.05) is 26.0 Å². The van der Waals surface area contributed by atoms with Crippen molar-refractivity contribution in [3.8, 4) is 0 Å². The lowest BCUT2D eigenvalue weighted by atomic mass is 10.1. The number of nitrogens with two attached hydrogens (primary N) is 1. The first-order chi connectivity index (χ1) is 8.90. The summed E-state index contributed by atoms with van der Waals surface area (Å²) in [5.41, 5.74) is 10.1. The van der Waals surface area contributed by atoms with Crippen molar-refractivity contribution in [2.45, 2.75) is 13.8 Å². The van der Waals surface area contributed by atoms with Gasteiger partial charge in [0.2, 0.25) is 0 Å². The molecule has 0 radical (unpaired) electrons. The molecule has 0 bridgehead atoms. The summed E-state index contributed by atoms with van der Waals surface area (Å²) in [7, 11) is 1.77. The highest BCUT2D eigenvalue weighted by Crippen LogP contribution is 2.31. The Morgan fingerprint density at radius 2 is 1.58 bits per heavy atom. The number of nitrogen functional groups attached to an aromatic ring is 1. The van der Waals surface area contributed by atoms with Gasteiger partial charge in [0.15, 0.2) is 11.6 Å². The molecule has 0 amide bonds. The van der Waals surface area contributed by atoms with Crippen molar-refractivity contribution in [1.29, 1.82) is 0 Å². The van der Waals surface area contributed by atoms with Gasteiger partial charge in [-0.05, 0) is 49.2 Å². The highest BCUT2D eigenvalue weighted by molar-refractivity contribution is 5.75. The Labute approximate surface area is 111 Å². The van der Waals surface area contributed by atoms with Crippen LogP contribution >= 0.6 is 0 Å². The van der Waals surface area contributed by atoms with Crippen LogP contribution in [0.3, 0.4) is 0 Å². The van der Waals surface area contributed by atoms with Crippen molar-refractivity contribution in [2.24, 2.45) is 0 Å². The second-order valence-electron chi connectivity index (χ2n) is 4.65. The predicted octanol–water partition coefficient (Wildman–Crippen LogP) is 3.93. The minimum atomic E-state index is -0.869. The van der Waals surface area contributed by atoms with Crippen LogP contribution < -0.4 is 10.6 Å². The summed E-state index contributed by atoms with van der Waals surface area (Å²) in [4.78, 5) is 1.74. The normalized spacial score (nSPS) is 10.6. The Morgan fingerprint density at radius 1 is 0.947 bits per heavy atom. The average Bonchev–Trinajstić information content (AvgIpc) is 2.36. The summed E-state index contributed by atoms with van der Waals surface area (Å²) < 4.78 is 26.2. The van der Waals surface area contributed by atoms with E-state index in [0.29, 0.717) is 11.4 Å². The molecule has 2 aromatic carbocycles. The third-order valence-corrected chi connectivity index (χ3v) is 3.29. The quantitative estimate of drug-likeness (QED) is 0.831. The van der Waals surface area contributed by atoms with Gasteiger partial charge in [-0.1, -0.05) is 0 Å². The van der Waals surface area contributed by atoms with E-state index in [0.717, 1.165) is 28.9 Å². The van der Waals surface area contributed by atoms with Crippen LogP contribution in [0.2, 0.25) is 0 Å². The van der Waals surface area contributed by atoms with Gasteiger partial charge in [0.05, 0.1) is 11.4 Å². The third-order valence-electron chi connectivity index (χ3n) is 3.29. The number of halogens is 2. The zero-order chi connectivity index (χ0) is 14.2. The fourth-order valence-corrected chi connectivity index (χ4v) is 1.95. The van der Waals surface area contributed by atoms with Gasteiger partial charge in [0.1, 0.15) is 0 Å². The Hall–Kier alpha value is -2.10. The first-order valence-electron chi connectivity index (χ1n) is 5.95. The van der Waals surface area contributed by atoms with E-state index in [1.54, 1.807) is 11.9 Å². The van der Waals surface area contributed by atoms with Crippen LogP contribution in [0.5, 0.6) is 0 Å². The smallest absolute Gasteiger partial charge is 0.160 e. The molecule has 4 heteroatoms. The van der Waals surface area contributed by atoms with Gasteiger partial charge >= 0.3 is 0 Å². The topological polar surface area (TPSA) is 29.3 Å². The van der Waals surface area contributed by atoms with Crippen molar-refractivity contribution in [3.63, 3.8) is 0 Å². The molecule has 2 rings (SSSR count). The number of anilines is 3. The molecule has 0 aliphatic rings. The minimum Gasteiger partial charge on any atom is -0.397 e. The highest BCUT2D eigenvalue weighted by Gasteiger charge is 2.11. The molecule has 2 N–H and O–H groups in total. The largest absolute Gasteiger partial charge is 0.397 e. The number of benzene rings is 2. The number of rotatable bonds is 2. The van der Waals surface area contributed by atoms with Gasteiger partial charge in [0.25, 0.3) is 0 Å². The lowest BCUT2D eigenvalue weighted by Gasteiger charge is -2.22. The molecular formula is C15H16F2N2. The van der Waals surface area contributed by atoms with Crippen molar-refractivity contribution < 1.29 is 8.78 Å². The van der Waals surface area contributed by atoms with Crippen LogP contribution in [0, 0.1) is 25.5 Å². The summed E-state index contributed by atoms with van der Waals surface area (Å²) in [6, 6.07) is 7.60. The molecule has 2 nitrogen and oxygen atoms in total. The van der Waals surface area contributed by atoms with E-state index in [9.17, 15) is 8.78 Å². The van der Waals surface area contributed by atoms with E-state index < -0.39 is 11.6 Å². The Balaban J connectivity index is 2.46. The van der Waals surface area contributed by atoms with E-state index >= 15 is 0 Å². The first kappa shape index (κ1) is 13.3. The molecule has 0 aromatic heterocycles. The molecule has 0 aliphatic carbocycles. The molecular weight excluding hydrogens is 246 g/mol. The van der Waals surface area contributed by atoms with Crippen molar-refractivity contribution in [1.82, 2.24) is 0 Å². The number of hydrogen-bond acceptors (Lipinski definition) is 2. The first-order valence-corrected chi connectivity index (χ1v) is 5.95. The van der Waals surface area contributed by atoms with Crippen LogP contribution in [0.4, 0.5) is 25.8 Å². The van der Waals surface area contributed by atoms with Crippen LogP contribution in [-0.4, -0.2) is 7.05 Å². The monoisotopic (exact) mass is 262 g/mol. The summed E-state index contributed by atoms with van der Waals surface area (Å²) in [5.74, 6) is -1.73. The number of hydrogen-bond donors (Lipinski definition) is 1. The van der Waals surface area contributed by atoms with Crippen LogP contribution in [0.15, 0.2) is 30.3 Å². The van der Waals surface area contributed by atoms with E-state index in [1.165, 1.54) is 6.07 Å². The minimum absolute atomic E-state index is 0.550. The number of nitrogens with zero attached hydrogens (tertiary/aromatic N) is 1. The van der Waals surface area contributed by atoms with E-state index in [-0.39, 0.29) is 0 Å². The zero-order valence-corrected chi connectivity index (χ0v) is 11.2. The fraction of sp³-hybridized carbons (Fsp3) is 0.200. The van der Waals surface area contributed by atoms with Crippen LogP contribution in [-0.2, 0) is 0 Å². The summed E-state index contributed by atoms with van der Waals surface area (Å²) in [6.07, 6.45) is 0. The predicted molar refractivity (Wildman–Crippen MR) is 74.7 cm³/mol. The van der Waals surface area contributed by atoms with E-state index in [2.05, 4.69) is 0 Å². The zero-order valence-electron chi connectivity index (χ0n) is 11.2. The maximum absolute atomic E-state index is 13.3. The summed E-state index contributed by atoms with van der Waals surface area (Å²) >= 11 is 0. The molecule has 0 aliphatic heterocycles. The van der Waals surface area contributed by atoms with Crippen molar-refractivity contribution in [2.75, 3.05) is 17.7 Å². The van der Waals surface area contributed by atoms with Crippen molar-refractivity contribution in [3.05, 3.63) is 53.1 Å². The molecule has 100 valence electrons. The van der Waals surface area contributed by atoms with Gasteiger partial charge in [0, 0.05) is 18.8 Å². The second kappa shape index (κ2) is 4.88. The maximum atomic E-state index is 13.3. The summed E-state index contributed by atoms with van der Waals surface area (Å²) in [6.45, 7) is 3.96. The maximum Gasteiger partial charge on any atom is 0.160 e. The third kappa shape index (κ3) is 2.52. The van der Waals surface area contributed by atoms with Gasteiger partial charge in [-0.2, -0.15) is 0 Å². The van der Waals surface area contributed by atoms with Crippen LogP contribution in [0.25, 0.3) is 0 Å². The highest BCUT2D eigenvalue weighted by atomic mass is 19.2. The Morgan fingerprint density at radius 3 is 2.21 bits per heavy atom. The molecule has 0 atom stereocenters. The average molecular weight is 262 g/mol. The molecule has 0 spiro atoms. The van der Waals surface area contributed by atoms with Crippen LogP contribution in [0.1, 0.15) is 11.1 Å². The molecule has 0 unspecified atom stereocenters. The van der Waals surface area contributed by atoms with Gasteiger partial charge in [-0.25, -0.2) is 8.78 Å². The summed E-state index contributed by atoms with van der Waals surface area (Å²) in [5, 5.41) is 0. The van der Waals surface area contributed by atoms with Gasteiger partial charge in [-0.3, -0.25) is 0 Å². The molecule has 0 fully saturated rings. The lowest BCUT2D eigenvalue weighted by Crippen LogP contribution is -2.12. The molecule has 2 aromatic rings. The Kier molecular flexibility index (Phi) is 3.42. The van der Waals surface area contributed by atoms with E-state index in [4.69, 9.17) is 5.73 Å². The molecule has 0 heterocycles.